The van der Waals surface area contributed by atoms with Gasteiger partial charge >= 0.3 is 5.97 Å². The molecule has 1 atom stereocenters. The maximum absolute atomic E-state index is 11.2. The Kier molecular flexibility index (Phi) is 6.40. The lowest BCUT2D eigenvalue weighted by Crippen LogP contribution is -2.11. The fourth-order valence-corrected chi connectivity index (χ4v) is 2.63. The molecule has 0 aliphatic carbocycles. The van der Waals surface area contributed by atoms with Crippen LogP contribution in [0.5, 0.6) is 11.5 Å². The summed E-state index contributed by atoms with van der Waals surface area (Å²) in [6, 6.07) is 16.9. The molecule has 0 saturated heterocycles. The van der Waals surface area contributed by atoms with Gasteiger partial charge in [-0.15, -0.1) is 0 Å². The van der Waals surface area contributed by atoms with Crippen LogP contribution in [0.2, 0.25) is 0 Å². The number of hydrogen-bond donors (Lipinski definition) is 1. The first-order valence-corrected chi connectivity index (χ1v) is 8.15. The maximum Gasteiger partial charge on any atom is 0.306 e. The third-order valence-electron chi connectivity index (χ3n) is 4.13. The van der Waals surface area contributed by atoms with E-state index in [-0.39, 0.29) is 6.42 Å². The Labute approximate surface area is 153 Å². The number of carboxylic acid groups (broad SMARTS) is 1. The zero-order valence-corrected chi connectivity index (χ0v) is 15.0. The number of methoxy groups -OCH3 is 2. The number of hydrogen-bond acceptors (Lipinski definition) is 4. The van der Waals surface area contributed by atoms with E-state index >= 15 is 0 Å². The number of allylic oxidation sites excluding steroid dienone is 1. The van der Waals surface area contributed by atoms with Crippen LogP contribution in [0.25, 0.3) is 5.57 Å². The Bertz CT molecular complexity index is 780. The molecule has 1 unspecified atom stereocenters. The van der Waals surface area contributed by atoms with Gasteiger partial charge in [0.2, 0.25) is 0 Å². The average Bonchev–Trinajstić information content (AvgIpc) is 2.68. The van der Waals surface area contributed by atoms with Crippen LogP contribution in [0.15, 0.2) is 54.1 Å². The second kappa shape index (κ2) is 8.72. The molecule has 26 heavy (non-hydrogen) atoms. The second-order valence-electron chi connectivity index (χ2n) is 5.87. The van der Waals surface area contributed by atoms with Gasteiger partial charge in [0.1, 0.15) is 11.5 Å². The summed E-state index contributed by atoms with van der Waals surface area (Å²) >= 11 is 0. The molecule has 0 saturated carbocycles. The first kappa shape index (κ1) is 19.1. The van der Waals surface area contributed by atoms with Crippen molar-refractivity contribution in [2.75, 3.05) is 14.2 Å². The highest BCUT2D eigenvalue weighted by atomic mass is 16.5. The Morgan fingerprint density at radius 3 is 1.73 bits per heavy atom. The summed E-state index contributed by atoms with van der Waals surface area (Å²) in [6.07, 6.45) is 0.152. The lowest BCUT2D eigenvalue weighted by Gasteiger charge is -2.14. The first-order chi connectivity index (χ1) is 12.5. The van der Waals surface area contributed by atoms with Crippen LogP contribution in [0, 0.1) is 17.2 Å². The predicted molar refractivity (Wildman–Crippen MR) is 99.0 cm³/mol. The van der Waals surface area contributed by atoms with Crippen molar-refractivity contribution in [3.05, 3.63) is 65.2 Å². The number of nitriles is 1. The van der Waals surface area contributed by atoms with Crippen LogP contribution in [0.3, 0.4) is 0 Å². The molecule has 1 N–H and O–H groups in total. The fourth-order valence-electron chi connectivity index (χ4n) is 2.63. The smallest absolute Gasteiger partial charge is 0.306 e. The van der Waals surface area contributed by atoms with E-state index < -0.39 is 11.9 Å². The number of ether oxygens (including phenoxy) is 2. The molecule has 0 heterocycles. The highest BCUT2D eigenvalue weighted by Gasteiger charge is 2.18. The summed E-state index contributed by atoms with van der Waals surface area (Å²) in [4.78, 5) is 11.2. The monoisotopic (exact) mass is 351 g/mol. The molecule has 5 nitrogen and oxygen atoms in total. The molecular weight excluding hydrogens is 330 g/mol. The normalized spacial score (nSPS) is 11.2. The summed E-state index contributed by atoms with van der Waals surface area (Å²) in [6.45, 7) is 1.60. The van der Waals surface area contributed by atoms with Crippen molar-refractivity contribution in [3.8, 4) is 17.6 Å². The van der Waals surface area contributed by atoms with Crippen LogP contribution in [0.1, 0.15) is 24.5 Å². The van der Waals surface area contributed by atoms with E-state index in [4.69, 9.17) is 9.47 Å². The van der Waals surface area contributed by atoms with E-state index in [1.165, 1.54) is 0 Å². The summed E-state index contributed by atoms with van der Waals surface area (Å²) in [5, 5.41) is 18.9. The molecule has 0 aliphatic rings. The predicted octanol–water partition coefficient (Wildman–Crippen LogP) is 4.14. The number of aliphatic carboxylic acids is 1. The molecule has 5 heteroatoms. The molecule has 0 amide bonds. The van der Waals surface area contributed by atoms with Crippen LogP contribution in [-0.2, 0) is 4.79 Å². The van der Waals surface area contributed by atoms with E-state index in [0.29, 0.717) is 22.6 Å². The number of benzene rings is 2. The van der Waals surface area contributed by atoms with Crippen molar-refractivity contribution in [2.24, 2.45) is 5.92 Å². The lowest BCUT2D eigenvalue weighted by atomic mass is 9.89. The van der Waals surface area contributed by atoms with Crippen molar-refractivity contribution >= 4 is 11.5 Å². The van der Waals surface area contributed by atoms with Gasteiger partial charge in [0.15, 0.2) is 0 Å². The van der Waals surface area contributed by atoms with E-state index in [1.54, 1.807) is 21.1 Å². The van der Waals surface area contributed by atoms with E-state index in [2.05, 4.69) is 6.07 Å². The zero-order valence-electron chi connectivity index (χ0n) is 15.0. The first-order valence-electron chi connectivity index (χ1n) is 8.15. The lowest BCUT2D eigenvalue weighted by molar-refractivity contribution is -0.141. The van der Waals surface area contributed by atoms with Gasteiger partial charge in [0, 0.05) is 11.1 Å². The van der Waals surface area contributed by atoms with Crippen molar-refractivity contribution in [3.63, 3.8) is 0 Å². The van der Waals surface area contributed by atoms with E-state index in [9.17, 15) is 15.2 Å². The van der Waals surface area contributed by atoms with Crippen LogP contribution in [0.4, 0.5) is 0 Å². The van der Waals surface area contributed by atoms with Gasteiger partial charge in [-0.1, -0.05) is 31.2 Å². The third-order valence-corrected chi connectivity index (χ3v) is 4.13. The third kappa shape index (κ3) is 4.42. The summed E-state index contributed by atoms with van der Waals surface area (Å²) in [5.41, 5.74) is 2.79. The van der Waals surface area contributed by atoms with Crippen LogP contribution < -0.4 is 9.47 Å². The summed E-state index contributed by atoms with van der Waals surface area (Å²) in [7, 11) is 3.18. The van der Waals surface area contributed by atoms with Crippen molar-refractivity contribution in [1.29, 1.82) is 5.26 Å². The Morgan fingerprint density at radius 1 is 1.00 bits per heavy atom. The topological polar surface area (TPSA) is 79.5 Å². The van der Waals surface area contributed by atoms with Gasteiger partial charge in [-0.3, -0.25) is 4.79 Å². The largest absolute Gasteiger partial charge is 0.497 e. The van der Waals surface area contributed by atoms with Gasteiger partial charge in [0.25, 0.3) is 0 Å². The number of carbonyl (C=O) groups is 1. The molecule has 0 aromatic heterocycles. The molecular formula is C21H21NO4. The Balaban J connectivity index is 2.60. The Morgan fingerprint density at radius 2 is 1.42 bits per heavy atom. The van der Waals surface area contributed by atoms with Crippen molar-refractivity contribution in [2.45, 2.75) is 13.3 Å². The molecule has 2 rings (SSSR count). The van der Waals surface area contributed by atoms with Gasteiger partial charge in [-0.05, 0) is 41.8 Å². The zero-order chi connectivity index (χ0) is 19.1. The molecule has 2 aromatic carbocycles. The highest BCUT2D eigenvalue weighted by Crippen LogP contribution is 2.32. The molecule has 0 radical (unpaired) electrons. The second-order valence-corrected chi connectivity index (χ2v) is 5.87. The molecule has 0 bridgehead atoms. The molecule has 134 valence electrons. The summed E-state index contributed by atoms with van der Waals surface area (Å²) < 4.78 is 10.4. The number of carboxylic acids is 1. The number of rotatable bonds is 7. The quantitative estimate of drug-likeness (QED) is 0.758. The highest BCUT2D eigenvalue weighted by molar-refractivity contribution is 5.85. The molecule has 0 aliphatic heterocycles. The van der Waals surface area contributed by atoms with Gasteiger partial charge in [-0.25, -0.2) is 0 Å². The van der Waals surface area contributed by atoms with Crippen molar-refractivity contribution in [1.82, 2.24) is 0 Å². The SMILES string of the molecule is COc1ccc(C(=C(C#N)CC(C)C(=O)O)c2ccc(OC)cc2)cc1. The molecule has 0 spiro atoms. The minimum absolute atomic E-state index is 0.152. The van der Waals surface area contributed by atoms with Crippen molar-refractivity contribution < 1.29 is 19.4 Å². The van der Waals surface area contributed by atoms with Gasteiger partial charge in [0.05, 0.1) is 26.2 Å². The number of nitrogens with zero attached hydrogens (tertiary/aromatic N) is 1. The standard InChI is InChI=1S/C21H21NO4/c1-14(21(23)24)12-17(13-22)20(15-4-8-18(25-2)9-5-15)16-6-10-19(26-3)11-7-16/h4-11,14H,12H2,1-3H3,(H,23,24). The fraction of sp³-hybridized carbons (Fsp3) is 0.238. The van der Waals surface area contributed by atoms with E-state index in [0.717, 1.165) is 11.1 Å². The molecule has 0 fully saturated rings. The molecule has 2 aromatic rings. The van der Waals surface area contributed by atoms with Gasteiger partial charge < -0.3 is 14.6 Å². The van der Waals surface area contributed by atoms with Gasteiger partial charge in [-0.2, -0.15) is 5.26 Å². The van der Waals surface area contributed by atoms with Crippen LogP contribution in [-0.4, -0.2) is 25.3 Å². The average molecular weight is 351 g/mol. The van der Waals surface area contributed by atoms with E-state index in [1.807, 2.05) is 48.5 Å². The van der Waals surface area contributed by atoms with Crippen LogP contribution >= 0.6 is 0 Å². The maximum atomic E-state index is 11.2. The summed E-state index contributed by atoms with van der Waals surface area (Å²) in [5.74, 6) is -0.168. The minimum atomic E-state index is -0.929. The Hall–Kier alpha value is -3.26. The minimum Gasteiger partial charge on any atom is -0.497 e.